The van der Waals surface area contributed by atoms with Gasteiger partial charge in [0.15, 0.2) is 0 Å². The minimum atomic E-state index is -0.288. The van der Waals surface area contributed by atoms with E-state index >= 15 is 0 Å². The van der Waals surface area contributed by atoms with E-state index in [0.717, 1.165) is 18.7 Å². The topological polar surface area (TPSA) is 76.1 Å². The van der Waals surface area contributed by atoms with Crippen LogP contribution in [0.15, 0.2) is 67.0 Å². The molecule has 6 nitrogen and oxygen atoms in total. The van der Waals surface area contributed by atoms with Crippen molar-refractivity contribution in [2.45, 2.75) is 6.42 Å². The van der Waals surface area contributed by atoms with Crippen LogP contribution in [0, 0.1) is 0 Å². The second-order valence-electron chi connectivity index (χ2n) is 5.63. The molecule has 0 aliphatic rings. The lowest BCUT2D eigenvalue weighted by Crippen LogP contribution is -2.15. The number of rotatable bonds is 7. The highest BCUT2D eigenvalue weighted by Crippen LogP contribution is 2.16. The minimum absolute atomic E-state index is 0.288. The molecule has 1 amide bonds. The molecule has 2 aromatic carbocycles. The fourth-order valence-electron chi connectivity index (χ4n) is 2.43. The largest absolute Gasteiger partial charge is 0.497 e. The van der Waals surface area contributed by atoms with E-state index in [1.54, 1.807) is 37.4 Å². The molecular formula is C20H20N4O2. The number of anilines is 2. The van der Waals surface area contributed by atoms with Crippen molar-refractivity contribution >= 4 is 17.4 Å². The molecular weight excluding hydrogens is 328 g/mol. The monoisotopic (exact) mass is 348 g/mol. The first kappa shape index (κ1) is 17.4. The molecule has 3 aromatic rings. The van der Waals surface area contributed by atoms with Crippen LogP contribution in [0.1, 0.15) is 16.1 Å². The summed E-state index contributed by atoms with van der Waals surface area (Å²) >= 11 is 0. The number of hydrogen-bond acceptors (Lipinski definition) is 5. The molecule has 3 rings (SSSR count). The van der Waals surface area contributed by atoms with Gasteiger partial charge < -0.3 is 15.4 Å². The van der Waals surface area contributed by atoms with E-state index in [2.05, 4.69) is 32.7 Å². The fraction of sp³-hybridized carbons (Fsp3) is 0.150. The third-order valence-electron chi connectivity index (χ3n) is 3.81. The quantitative estimate of drug-likeness (QED) is 0.684. The van der Waals surface area contributed by atoms with Crippen molar-refractivity contribution in [1.82, 2.24) is 9.97 Å². The molecule has 132 valence electrons. The summed E-state index contributed by atoms with van der Waals surface area (Å²) in [4.78, 5) is 20.6. The third-order valence-corrected chi connectivity index (χ3v) is 3.81. The molecule has 26 heavy (non-hydrogen) atoms. The summed E-state index contributed by atoms with van der Waals surface area (Å²) in [7, 11) is 1.60. The van der Waals surface area contributed by atoms with Crippen LogP contribution in [0.3, 0.4) is 0 Å². The minimum Gasteiger partial charge on any atom is -0.497 e. The van der Waals surface area contributed by atoms with Crippen molar-refractivity contribution < 1.29 is 9.53 Å². The van der Waals surface area contributed by atoms with Crippen LogP contribution in [-0.4, -0.2) is 29.5 Å². The molecule has 2 N–H and O–H groups in total. The van der Waals surface area contributed by atoms with Gasteiger partial charge in [0, 0.05) is 18.3 Å². The van der Waals surface area contributed by atoms with E-state index in [1.165, 1.54) is 11.9 Å². The smallest absolute Gasteiger partial charge is 0.274 e. The lowest BCUT2D eigenvalue weighted by molar-refractivity contribution is 0.102. The number of amides is 1. The number of methoxy groups -OCH3 is 1. The molecule has 1 heterocycles. The lowest BCUT2D eigenvalue weighted by atomic mass is 10.1. The van der Waals surface area contributed by atoms with Crippen LogP contribution < -0.4 is 15.4 Å². The molecule has 0 fully saturated rings. The van der Waals surface area contributed by atoms with Crippen LogP contribution in [0.4, 0.5) is 11.5 Å². The second-order valence-corrected chi connectivity index (χ2v) is 5.63. The number of hydrogen-bond donors (Lipinski definition) is 2. The molecule has 0 saturated carbocycles. The Kier molecular flexibility index (Phi) is 5.77. The second kappa shape index (κ2) is 8.62. The molecule has 0 atom stereocenters. The van der Waals surface area contributed by atoms with Gasteiger partial charge in [0.1, 0.15) is 23.6 Å². The number of aromatic nitrogens is 2. The van der Waals surface area contributed by atoms with Crippen molar-refractivity contribution in [1.29, 1.82) is 0 Å². The first-order valence-electron chi connectivity index (χ1n) is 8.30. The zero-order chi connectivity index (χ0) is 18.2. The zero-order valence-corrected chi connectivity index (χ0v) is 14.5. The van der Waals surface area contributed by atoms with Gasteiger partial charge in [0.25, 0.3) is 5.91 Å². The van der Waals surface area contributed by atoms with Gasteiger partial charge >= 0.3 is 0 Å². The molecule has 0 unspecified atom stereocenters. The normalized spacial score (nSPS) is 10.2. The van der Waals surface area contributed by atoms with Crippen LogP contribution in [0.5, 0.6) is 5.75 Å². The Balaban J connectivity index is 1.57. The molecule has 1 aromatic heterocycles. The first-order valence-corrected chi connectivity index (χ1v) is 8.30. The average Bonchev–Trinajstić information content (AvgIpc) is 2.69. The summed E-state index contributed by atoms with van der Waals surface area (Å²) in [6.45, 7) is 0.723. The number of benzene rings is 2. The van der Waals surface area contributed by atoms with Gasteiger partial charge in [-0.3, -0.25) is 4.79 Å². The van der Waals surface area contributed by atoms with E-state index in [4.69, 9.17) is 4.74 Å². The summed E-state index contributed by atoms with van der Waals surface area (Å²) in [5.74, 6) is 1.06. The molecule has 0 aliphatic heterocycles. The number of carbonyl (C=O) groups is 1. The first-order chi connectivity index (χ1) is 12.7. The van der Waals surface area contributed by atoms with Crippen molar-refractivity contribution in [3.63, 3.8) is 0 Å². The molecule has 0 aliphatic carbocycles. The van der Waals surface area contributed by atoms with Gasteiger partial charge in [-0.2, -0.15) is 0 Å². The van der Waals surface area contributed by atoms with Gasteiger partial charge in [-0.15, -0.1) is 0 Å². The Labute approximate surface area is 152 Å². The van der Waals surface area contributed by atoms with E-state index < -0.39 is 0 Å². The molecule has 0 bridgehead atoms. The van der Waals surface area contributed by atoms with Gasteiger partial charge in [0.05, 0.1) is 7.11 Å². The van der Waals surface area contributed by atoms with Gasteiger partial charge in [-0.05, 0) is 36.2 Å². The summed E-state index contributed by atoms with van der Waals surface area (Å²) in [5.41, 5.74) is 2.22. The number of carbonyl (C=O) groups excluding carboxylic acids is 1. The van der Waals surface area contributed by atoms with Gasteiger partial charge in [0.2, 0.25) is 0 Å². The van der Waals surface area contributed by atoms with Crippen molar-refractivity contribution in [2.24, 2.45) is 0 Å². The Hall–Kier alpha value is -3.41. The van der Waals surface area contributed by atoms with Crippen LogP contribution in [0.25, 0.3) is 0 Å². The fourth-order valence-corrected chi connectivity index (χ4v) is 2.43. The maximum Gasteiger partial charge on any atom is 0.274 e. The molecule has 0 spiro atoms. The van der Waals surface area contributed by atoms with Crippen molar-refractivity contribution in [2.75, 3.05) is 24.3 Å². The van der Waals surface area contributed by atoms with E-state index in [0.29, 0.717) is 17.2 Å². The maximum atomic E-state index is 12.4. The SMILES string of the molecule is COc1ccc(NC(=O)c2cc(NCCc3ccccc3)ncn2)cc1. The van der Waals surface area contributed by atoms with Crippen LogP contribution in [-0.2, 0) is 6.42 Å². The Morgan fingerprint density at radius 3 is 2.54 bits per heavy atom. The zero-order valence-electron chi connectivity index (χ0n) is 14.5. The Morgan fingerprint density at radius 2 is 1.81 bits per heavy atom. The highest BCUT2D eigenvalue weighted by atomic mass is 16.5. The molecule has 0 radical (unpaired) electrons. The summed E-state index contributed by atoms with van der Waals surface area (Å²) in [6.07, 6.45) is 2.26. The van der Waals surface area contributed by atoms with E-state index in [-0.39, 0.29) is 5.91 Å². The van der Waals surface area contributed by atoms with Crippen LogP contribution in [0.2, 0.25) is 0 Å². The number of nitrogens with zero attached hydrogens (tertiary/aromatic N) is 2. The van der Waals surface area contributed by atoms with E-state index in [9.17, 15) is 4.79 Å². The third kappa shape index (κ3) is 4.80. The van der Waals surface area contributed by atoms with E-state index in [1.807, 2.05) is 18.2 Å². The average molecular weight is 348 g/mol. The Morgan fingerprint density at radius 1 is 1.04 bits per heavy atom. The predicted molar refractivity (Wildman–Crippen MR) is 102 cm³/mol. The standard InChI is InChI=1S/C20H20N4O2/c1-26-17-9-7-16(8-10-17)24-20(25)18-13-19(23-14-22-18)21-12-11-15-5-3-2-4-6-15/h2-10,13-14H,11-12H2,1H3,(H,24,25)(H,21,22,23). The predicted octanol–water partition coefficient (Wildman–Crippen LogP) is 3.39. The molecule has 0 saturated heterocycles. The van der Waals surface area contributed by atoms with Crippen molar-refractivity contribution in [3.05, 3.63) is 78.2 Å². The maximum absolute atomic E-state index is 12.4. The summed E-state index contributed by atoms with van der Waals surface area (Å²) in [5, 5.41) is 6.03. The van der Waals surface area contributed by atoms with Gasteiger partial charge in [-0.25, -0.2) is 9.97 Å². The Bertz CT molecular complexity index is 851. The lowest BCUT2D eigenvalue weighted by Gasteiger charge is -2.08. The van der Waals surface area contributed by atoms with Crippen molar-refractivity contribution in [3.8, 4) is 5.75 Å². The summed E-state index contributed by atoms with van der Waals surface area (Å²) in [6, 6.07) is 18.9. The number of nitrogens with one attached hydrogen (secondary N) is 2. The molecule has 6 heteroatoms. The summed E-state index contributed by atoms with van der Waals surface area (Å²) < 4.78 is 5.10. The number of ether oxygens (including phenoxy) is 1. The highest BCUT2D eigenvalue weighted by Gasteiger charge is 2.09. The highest BCUT2D eigenvalue weighted by molar-refractivity contribution is 6.03. The van der Waals surface area contributed by atoms with Gasteiger partial charge in [-0.1, -0.05) is 30.3 Å². The van der Waals surface area contributed by atoms with Crippen LogP contribution >= 0.6 is 0 Å².